The molecule has 3 heterocycles. The Morgan fingerprint density at radius 2 is 2.09 bits per heavy atom. The lowest BCUT2D eigenvalue weighted by molar-refractivity contribution is 0.127. The molecule has 22 heavy (non-hydrogen) atoms. The minimum absolute atomic E-state index is 0.434. The Morgan fingerprint density at radius 1 is 1.27 bits per heavy atom. The molecule has 1 atom stereocenters. The summed E-state index contributed by atoms with van der Waals surface area (Å²) in [5.41, 5.74) is 2.43. The normalized spacial score (nSPS) is 17.5. The Labute approximate surface area is 126 Å². The minimum atomic E-state index is -0.950. The van der Waals surface area contributed by atoms with Crippen LogP contribution in [0.3, 0.4) is 0 Å². The number of nitrogens with one attached hydrogen (secondary N) is 1. The number of fused-ring (bicyclic) bond motifs is 2. The third kappa shape index (κ3) is 1.92. The highest BCUT2D eigenvalue weighted by atomic mass is 16.4. The highest BCUT2D eigenvalue weighted by Gasteiger charge is 2.34. The molecule has 1 aliphatic rings. The summed E-state index contributed by atoms with van der Waals surface area (Å²) >= 11 is 0. The maximum absolute atomic E-state index is 11.6. The van der Waals surface area contributed by atoms with Crippen molar-refractivity contribution >= 4 is 16.9 Å². The van der Waals surface area contributed by atoms with Gasteiger partial charge in [-0.25, -0.2) is 9.78 Å². The number of rotatable bonds is 1. The van der Waals surface area contributed by atoms with Crippen LogP contribution in [0.4, 0.5) is 4.79 Å². The highest BCUT2D eigenvalue weighted by Crippen LogP contribution is 2.33. The Bertz CT molecular complexity index is 858. The highest BCUT2D eigenvalue weighted by molar-refractivity contribution is 5.82. The zero-order valence-electron chi connectivity index (χ0n) is 11.7. The van der Waals surface area contributed by atoms with Crippen LogP contribution in [-0.2, 0) is 6.42 Å². The van der Waals surface area contributed by atoms with E-state index in [1.54, 1.807) is 12.5 Å². The number of imidazole rings is 1. The number of H-pyrrole nitrogens is 1. The van der Waals surface area contributed by atoms with Gasteiger partial charge in [0.05, 0.1) is 17.7 Å². The lowest BCUT2D eigenvalue weighted by Gasteiger charge is -2.32. The van der Waals surface area contributed by atoms with Crippen LogP contribution in [0.15, 0.2) is 42.9 Å². The van der Waals surface area contributed by atoms with E-state index in [1.165, 1.54) is 4.90 Å². The number of nitrogens with zero attached hydrogens (tertiary/aromatic N) is 3. The lowest BCUT2D eigenvalue weighted by Crippen LogP contribution is -2.40. The van der Waals surface area contributed by atoms with E-state index in [2.05, 4.69) is 15.0 Å². The van der Waals surface area contributed by atoms with Gasteiger partial charge in [0, 0.05) is 30.2 Å². The first kappa shape index (κ1) is 12.8. The van der Waals surface area contributed by atoms with Crippen molar-refractivity contribution in [1.29, 1.82) is 0 Å². The van der Waals surface area contributed by atoms with Gasteiger partial charge in [0.1, 0.15) is 6.04 Å². The second kappa shape index (κ2) is 4.84. The monoisotopic (exact) mass is 294 g/mol. The lowest BCUT2D eigenvalue weighted by atomic mass is 9.98. The second-order valence-electron chi connectivity index (χ2n) is 5.35. The van der Waals surface area contributed by atoms with Gasteiger partial charge >= 0.3 is 6.09 Å². The minimum Gasteiger partial charge on any atom is -0.465 e. The van der Waals surface area contributed by atoms with Crippen LogP contribution in [0.5, 0.6) is 0 Å². The molecule has 6 heteroatoms. The third-order valence-corrected chi connectivity index (χ3v) is 4.10. The number of aromatic nitrogens is 3. The Hall–Kier alpha value is -2.89. The van der Waals surface area contributed by atoms with Gasteiger partial charge < -0.3 is 10.1 Å². The number of pyridine rings is 1. The number of benzene rings is 1. The van der Waals surface area contributed by atoms with E-state index in [0.29, 0.717) is 18.7 Å². The molecular weight excluding hydrogens is 280 g/mol. The Morgan fingerprint density at radius 3 is 2.91 bits per heavy atom. The van der Waals surface area contributed by atoms with Crippen LogP contribution >= 0.6 is 0 Å². The van der Waals surface area contributed by atoms with Gasteiger partial charge in [-0.2, -0.15) is 0 Å². The molecule has 3 aromatic rings. The molecule has 4 rings (SSSR count). The number of hydrogen-bond donors (Lipinski definition) is 2. The third-order valence-electron chi connectivity index (χ3n) is 4.10. The summed E-state index contributed by atoms with van der Waals surface area (Å²) in [4.78, 5) is 24.9. The van der Waals surface area contributed by atoms with Crippen LogP contribution in [-0.4, -0.2) is 37.6 Å². The van der Waals surface area contributed by atoms with Gasteiger partial charge in [-0.3, -0.25) is 9.88 Å². The predicted molar refractivity (Wildman–Crippen MR) is 80.6 cm³/mol. The smallest absolute Gasteiger partial charge is 0.408 e. The second-order valence-corrected chi connectivity index (χ2v) is 5.35. The van der Waals surface area contributed by atoms with Gasteiger partial charge in [-0.1, -0.05) is 24.3 Å². The Kier molecular flexibility index (Phi) is 2.82. The molecule has 0 radical (unpaired) electrons. The molecule has 1 aliphatic heterocycles. The van der Waals surface area contributed by atoms with E-state index in [4.69, 9.17) is 0 Å². The summed E-state index contributed by atoms with van der Waals surface area (Å²) in [6.45, 7) is 0.434. The number of aromatic amines is 1. The summed E-state index contributed by atoms with van der Waals surface area (Å²) in [6, 6.07) is 9.39. The maximum atomic E-state index is 11.6. The van der Waals surface area contributed by atoms with E-state index in [1.807, 2.05) is 30.3 Å². The zero-order valence-corrected chi connectivity index (χ0v) is 11.7. The van der Waals surface area contributed by atoms with Gasteiger partial charge in [0.2, 0.25) is 0 Å². The molecule has 0 aliphatic carbocycles. The van der Waals surface area contributed by atoms with Gasteiger partial charge in [-0.05, 0) is 11.5 Å². The van der Waals surface area contributed by atoms with E-state index < -0.39 is 12.1 Å². The first-order valence-electron chi connectivity index (χ1n) is 7.10. The van der Waals surface area contributed by atoms with Crippen molar-refractivity contribution in [2.45, 2.75) is 12.5 Å². The molecule has 2 aromatic heterocycles. The summed E-state index contributed by atoms with van der Waals surface area (Å²) < 4.78 is 0. The fourth-order valence-electron chi connectivity index (χ4n) is 3.03. The largest absolute Gasteiger partial charge is 0.465 e. The van der Waals surface area contributed by atoms with Gasteiger partial charge in [-0.15, -0.1) is 0 Å². The molecule has 0 saturated heterocycles. The van der Waals surface area contributed by atoms with Crippen molar-refractivity contribution in [3.8, 4) is 0 Å². The first-order chi connectivity index (χ1) is 10.7. The number of carbonyl (C=O) groups is 1. The molecule has 2 N–H and O–H groups in total. The van der Waals surface area contributed by atoms with Crippen molar-refractivity contribution in [2.24, 2.45) is 0 Å². The molecule has 0 unspecified atom stereocenters. The summed E-state index contributed by atoms with van der Waals surface area (Å²) in [5.74, 6) is 0. The molecule has 1 aromatic carbocycles. The van der Waals surface area contributed by atoms with Crippen LogP contribution < -0.4 is 0 Å². The topological polar surface area (TPSA) is 82.1 Å². The Balaban J connectivity index is 1.88. The van der Waals surface area contributed by atoms with E-state index >= 15 is 0 Å². The number of amides is 1. The SMILES string of the molecule is O=C(O)N1CCc2[nH]cnc2[C@H]1c1cc2ccccc2cn1. The number of carboxylic acid groups (broad SMARTS) is 1. The quantitative estimate of drug-likeness (QED) is 0.722. The summed E-state index contributed by atoms with van der Waals surface area (Å²) in [5, 5.41) is 11.6. The van der Waals surface area contributed by atoms with Crippen molar-refractivity contribution < 1.29 is 9.90 Å². The molecule has 0 spiro atoms. The zero-order chi connectivity index (χ0) is 15.1. The van der Waals surface area contributed by atoms with Crippen molar-refractivity contribution in [2.75, 3.05) is 6.54 Å². The molecule has 0 fully saturated rings. The van der Waals surface area contributed by atoms with Gasteiger partial charge in [0.25, 0.3) is 0 Å². The standard InChI is InChI=1S/C16H14N4O2/c21-16(22)20-6-5-12-14(19-9-18-12)15(20)13-7-10-3-1-2-4-11(10)8-17-13/h1-4,7-9,15H,5-6H2,(H,18,19)(H,21,22)/t15-/m1/s1. The molecule has 110 valence electrons. The van der Waals surface area contributed by atoms with Crippen LogP contribution in [0.25, 0.3) is 10.8 Å². The number of hydrogen-bond acceptors (Lipinski definition) is 3. The fraction of sp³-hybridized carbons (Fsp3) is 0.188. The van der Waals surface area contributed by atoms with E-state index in [0.717, 1.165) is 22.2 Å². The van der Waals surface area contributed by atoms with Crippen LogP contribution in [0.2, 0.25) is 0 Å². The average Bonchev–Trinajstić information content (AvgIpc) is 3.02. The first-order valence-corrected chi connectivity index (χ1v) is 7.10. The average molecular weight is 294 g/mol. The molecule has 1 amide bonds. The van der Waals surface area contributed by atoms with Crippen LogP contribution in [0.1, 0.15) is 23.1 Å². The molecular formula is C16H14N4O2. The van der Waals surface area contributed by atoms with Crippen LogP contribution in [0, 0.1) is 0 Å². The summed E-state index contributed by atoms with van der Waals surface area (Å²) in [6.07, 6.45) is 3.09. The van der Waals surface area contributed by atoms with E-state index in [9.17, 15) is 9.90 Å². The van der Waals surface area contributed by atoms with Crippen molar-refractivity contribution in [1.82, 2.24) is 19.9 Å². The van der Waals surface area contributed by atoms with E-state index in [-0.39, 0.29) is 0 Å². The van der Waals surface area contributed by atoms with Crippen molar-refractivity contribution in [3.05, 3.63) is 59.9 Å². The van der Waals surface area contributed by atoms with Gasteiger partial charge in [0.15, 0.2) is 0 Å². The predicted octanol–water partition coefficient (Wildman–Crippen LogP) is 2.58. The maximum Gasteiger partial charge on any atom is 0.408 e. The fourth-order valence-corrected chi connectivity index (χ4v) is 3.03. The summed E-state index contributed by atoms with van der Waals surface area (Å²) in [7, 11) is 0. The molecule has 0 saturated carbocycles. The molecule has 0 bridgehead atoms. The molecule has 6 nitrogen and oxygen atoms in total. The van der Waals surface area contributed by atoms with Crippen molar-refractivity contribution in [3.63, 3.8) is 0 Å².